The van der Waals surface area contributed by atoms with Crippen molar-refractivity contribution in [2.75, 3.05) is 13.1 Å². The minimum absolute atomic E-state index is 0.443. The maximum Gasteiger partial charge on any atom is 0.114 e. The summed E-state index contributed by atoms with van der Waals surface area (Å²) in [4.78, 5) is 2.39. The molecular formula is C26H35FIN3. The zero-order valence-corrected chi connectivity index (χ0v) is 21.4. The molecule has 1 aromatic carbocycles. The van der Waals surface area contributed by atoms with Crippen LogP contribution in [0.25, 0.3) is 16.5 Å². The molecule has 0 spiro atoms. The predicted molar refractivity (Wildman–Crippen MR) is 138 cm³/mol. The number of halogens is 2. The molecule has 1 aliphatic heterocycles. The van der Waals surface area contributed by atoms with Crippen molar-refractivity contribution < 1.29 is 4.39 Å². The molecule has 5 heteroatoms. The van der Waals surface area contributed by atoms with E-state index in [0.717, 1.165) is 37.7 Å². The van der Waals surface area contributed by atoms with Crippen molar-refractivity contribution >= 4 is 39.1 Å². The molecule has 0 amide bonds. The summed E-state index contributed by atoms with van der Waals surface area (Å²) < 4.78 is 15.8. The molecule has 2 aliphatic rings. The van der Waals surface area contributed by atoms with Gasteiger partial charge in [0.05, 0.1) is 5.52 Å². The van der Waals surface area contributed by atoms with Gasteiger partial charge in [-0.05, 0) is 84.8 Å². The molecule has 1 saturated heterocycles. The van der Waals surface area contributed by atoms with E-state index < -0.39 is 6.17 Å². The van der Waals surface area contributed by atoms with Crippen molar-refractivity contribution in [3.8, 4) is 0 Å². The van der Waals surface area contributed by atoms with Crippen molar-refractivity contribution in [1.29, 1.82) is 0 Å². The SMILES string of the molecule is CC(C)=C/C(=C\I)c1cc2n[nH]c(C3CCC(N4CCC(F)C4)CC3)c2cc1C(C)C. The fourth-order valence-corrected chi connectivity index (χ4v) is 5.93. The molecule has 0 bridgehead atoms. The second-order valence-corrected chi connectivity index (χ2v) is 10.5. The normalized spacial score (nSPS) is 25.5. The monoisotopic (exact) mass is 535 g/mol. The molecule has 1 unspecified atom stereocenters. The van der Waals surface area contributed by atoms with Gasteiger partial charge < -0.3 is 0 Å². The lowest BCUT2D eigenvalue weighted by Crippen LogP contribution is -2.36. The van der Waals surface area contributed by atoms with Crippen LogP contribution in [-0.2, 0) is 0 Å². The molecule has 1 aromatic heterocycles. The van der Waals surface area contributed by atoms with E-state index >= 15 is 0 Å². The number of hydrogen-bond acceptors (Lipinski definition) is 2. The zero-order valence-electron chi connectivity index (χ0n) is 19.2. The average molecular weight is 535 g/mol. The second kappa shape index (κ2) is 9.74. The third kappa shape index (κ3) is 4.92. The Kier molecular flexibility index (Phi) is 7.21. The Hall–Kier alpha value is -1.21. The minimum Gasteiger partial charge on any atom is -0.297 e. The van der Waals surface area contributed by atoms with E-state index in [-0.39, 0.29) is 0 Å². The van der Waals surface area contributed by atoms with Crippen LogP contribution in [0.2, 0.25) is 0 Å². The smallest absolute Gasteiger partial charge is 0.114 e. The van der Waals surface area contributed by atoms with Gasteiger partial charge in [-0.2, -0.15) is 5.10 Å². The Bertz CT molecular complexity index is 978. The topological polar surface area (TPSA) is 31.9 Å². The van der Waals surface area contributed by atoms with Crippen LogP contribution >= 0.6 is 22.6 Å². The van der Waals surface area contributed by atoms with Gasteiger partial charge in [-0.15, -0.1) is 0 Å². The first-order valence-electron chi connectivity index (χ1n) is 11.7. The van der Waals surface area contributed by atoms with Gasteiger partial charge in [0.15, 0.2) is 0 Å². The standard InChI is InChI=1S/C26H35FIN3/c1-16(2)11-19(14-28)23-13-25-24(12-22(23)17(3)4)26(30-29-25)18-5-7-21(8-6-18)31-10-9-20(27)15-31/h11-14,17-18,20-21H,5-10,15H2,1-4H3,(H,29,30)/b19-14+. The highest BCUT2D eigenvalue weighted by molar-refractivity contribution is 14.1. The highest BCUT2D eigenvalue weighted by atomic mass is 127. The number of rotatable bonds is 5. The van der Waals surface area contributed by atoms with Crippen molar-refractivity contribution in [2.24, 2.45) is 0 Å². The summed E-state index contributed by atoms with van der Waals surface area (Å²) in [7, 11) is 0. The zero-order chi connectivity index (χ0) is 22.1. The third-order valence-electron chi connectivity index (χ3n) is 7.03. The summed E-state index contributed by atoms with van der Waals surface area (Å²) in [6.07, 6.45) is 6.99. The summed E-state index contributed by atoms with van der Waals surface area (Å²) in [6, 6.07) is 5.21. The quantitative estimate of drug-likeness (QED) is 0.318. The molecule has 3 nitrogen and oxygen atoms in total. The van der Waals surface area contributed by atoms with E-state index in [9.17, 15) is 4.39 Å². The first-order valence-corrected chi connectivity index (χ1v) is 13.0. The Labute approximate surface area is 199 Å². The predicted octanol–water partition coefficient (Wildman–Crippen LogP) is 7.50. The molecule has 1 saturated carbocycles. The van der Waals surface area contributed by atoms with Gasteiger partial charge in [-0.1, -0.05) is 48.1 Å². The highest BCUT2D eigenvalue weighted by Crippen LogP contribution is 2.40. The van der Waals surface area contributed by atoms with E-state index in [1.165, 1.54) is 33.4 Å². The summed E-state index contributed by atoms with van der Waals surface area (Å²) in [6.45, 7) is 10.4. The first kappa shape index (κ1) is 23.0. The number of likely N-dealkylation sites (tertiary alicyclic amines) is 1. The number of alkyl halides is 1. The van der Waals surface area contributed by atoms with Gasteiger partial charge in [0.2, 0.25) is 0 Å². The van der Waals surface area contributed by atoms with Crippen LogP contribution in [0.4, 0.5) is 4.39 Å². The van der Waals surface area contributed by atoms with Crippen LogP contribution < -0.4 is 0 Å². The average Bonchev–Trinajstić information content (AvgIpc) is 3.37. The number of nitrogens with one attached hydrogen (secondary N) is 1. The van der Waals surface area contributed by atoms with E-state index in [4.69, 9.17) is 5.10 Å². The fourth-order valence-electron chi connectivity index (χ4n) is 5.42. The second-order valence-electron chi connectivity index (χ2n) is 9.92. The molecule has 1 N–H and O–H groups in total. The van der Waals surface area contributed by atoms with Crippen LogP contribution in [0.5, 0.6) is 0 Å². The van der Waals surface area contributed by atoms with Crippen LogP contribution in [-0.4, -0.2) is 40.4 Å². The lowest BCUT2D eigenvalue weighted by atomic mass is 9.82. The molecule has 1 atom stereocenters. The molecule has 1 aliphatic carbocycles. The summed E-state index contributed by atoms with van der Waals surface area (Å²) in [5.41, 5.74) is 7.59. The van der Waals surface area contributed by atoms with E-state index in [0.29, 0.717) is 30.8 Å². The fraction of sp³-hybridized carbons (Fsp3) is 0.577. The molecule has 2 fully saturated rings. The first-order chi connectivity index (χ1) is 14.9. The van der Waals surface area contributed by atoms with Gasteiger partial charge in [-0.3, -0.25) is 10.00 Å². The Morgan fingerprint density at radius 2 is 1.94 bits per heavy atom. The van der Waals surface area contributed by atoms with Crippen molar-refractivity contribution in [2.45, 2.75) is 83.8 Å². The number of benzene rings is 1. The lowest BCUT2D eigenvalue weighted by molar-refractivity contribution is 0.169. The maximum absolute atomic E-state index is 13.6. The van der Waals surface area contributed by atoms with Gasteiger partial charge in [-0.25, -0.2) is 4.39 Å². The number of hydrogen-bond donors (Lipinski definition) is 1. The van der Waals surface area contributed by atoms with Gasteiger partial charge in [0.1, 0.15) is 6.17 Å². The Morgan fingerprint density at radius 3 is 2.52 bits per heavy atom. The molecule has 4 rings (SSSR count). The van der Waals surface area contributed by atoms with Crippen molar-refractivity contribution in [3.05, 3.63) is 44.7 Å². The van der Waals surface area contributed by atoms with E-state index in [1.807, 2.05) is 0 Å². The Morgan fingerprint density at radius 1 is 1.19 bits per heavy atom. The van der Waals surface area contributed by atoms with E-state index in [1.54, 1.807) is 0 Å². The number of nitrogens with zero attached hydrogens (tertiary/aromatic N) is 2. The van der Waals surface area contributed by atoms with Crippen LogP contribution in [0.3, 0.4) is 0 Å². The number of fused-ring (bicyclic) bond motifs is 1. The number of allylic oxidation sites excluding steroid dienone is 3. The maximum atomic E-state index is 13.6. The largest absolute Gasteiger partial charge is 0.297 e. The number of aromatic amines is 1. The van der Waals surface area contributed by atoms with Gasteiger partial charge in [0.25, 0.3) is 0 Å². The van der Waals surface area contributed by atoms with E-state index in [2.05, 4.69) is 82.6 Å². The third-order valence-corrected chi connectivity index (χ3v) is 7.70. The number of aromatic nitrogens is 2. The van der Waals surface area contributed by atoms with Gasteiger partial charge >= 0.3 is 0 Å². The highest BCUT2D eigenvalue weighted by Gasteiger charge is 2.32. The van der Waals surface area contributed by atoms with Crippen LogP contribution in [0.15, 0.2) is 27.9 Å². The molecule has 0 radical (unpaired) electrons. The number of H-pyrrole nitrogens is 1. The summed E-state index contributed by atoms with van der Waals surface area (Å²) in [5.74, 6) is 0.965. The van der Waals surface area contributed by atoms with Crippen LogP contribution in [0, 0.1) is 0 Å². The summed E-state index contributed by atoms with van der Waals surface area (Å²) >= 11 is 2.35. The minimum atomic E-state index is -0.620. The van der Waals surface area contributed by atoms with Crippen molar-refractivity contribution in [1.82, 2.24) is 15.1 Å². The van der Waals surface area contributed by atoms with Gasteiger partial charge in [0, 0.05) is 36.1 Å². The molecule has 31 heavy (non-hydrogen) atoms. The molecular weight excluding hydrogens is 500 g/mol. The summed E-state index contributed by atoms with van der Waals surface area (Å²) in [5, 5.41) is 9.41. The molecule has 2 heterocycles. The van der Waals surface area contributed by atoms with Crippen molar-refractivity contribution in [3.63, 3.8) is 0 Å². The molecule has 2 aromatic rings. The van der Waals surface area contributed by atoms with Crippen LogP contribution in [0.1, 0.15) is 88.5 Å². The molecule has 168 valence electrons. The lowest BCUT2D eigenvalue weighted by Gasteiger charge is -2.34. The Balaban J connectivity index is 1.60.